The molecular weight excluding hydrogens is 640 g/mol. The van der Waals surface area contributed by atoms with Crippen molar-refractivity contribution in [1.29, 1.82) is 0 Å². The molecule has 13 heteroatoms. The van der Waals surface area contributed by atoms with Crippen molar-refractivity contribution < 1.29 is 63.9 Å². The molecule has 6 fully saturated rings. The normalized spacial score (nSPS) is 52.9. The first-order valence-electron chi connectivity index (χ1n) is 18.4. The van der Waals surface area contributed by atoms with Crippen molar-refractivity contribution in [2.75, 3.05) is 26.9 Å². The number of esters is 1. The number of aliphatic hydroxyl groups excluding tert-OH is 5. The van der Waals surface area contributed by atoms with Gasteiger partial charge in [0.2, 0.25) is 0 Å². The van der Waals surface area contributed by atoms with E-state index in [0.29, 0.717) is 19.4 Å². The van der Waals surface area contributed by atoms with Gasteiger partial charge in [0.05, 0.1) is 30.5 Å². The number of rotatable bonds is 8. The average Bonchev–Trinajstić information content (AvgIpc) is 3.64. The van der Waals surface area contributed by atoms with E-state index in [0.717, 1.165) is 56.9 Å². The van der Waals surface area contributed by atoms with Crippen molar-refractivity contribution in [1.82, 2.24) is 0 Å². The zero-order chi connectivity index (χ0) is 34.9. The highest BCUT2D eigenvalue weighted by Gasteiger charge is 2.68. The van der Waals surface area contributed by atoms with Crippen LogP contribution in [0.5, 0.6) is 0 Å². The Kier molecular flexibility index (Phi) is 10.1. The minimum absolute atomic E-state index is 0.0708. The van der Waals surface area contributed by atoms with Gasteiger partial charge in [0.1, 0.15) is 37.1 Å². The molecule has 3 aliphatic heterocycles. The van der Waals surface area contributed by atoms with E-state index >= 15 is 0 Å². The molecule has 7 rings (SSSR count). The molecule has 6 N–H and O–H groups in total. The lowest BCUT2D eigenvalue weighted by Gasteiger charge is -2.64. The molecule has 0 bridgehead atoms. The maximum atomic E-state index is 12.5. The summed E-state index contributed by atoms with van der Waals surface area (Å²) in [7, 11) is 1.56. The Hall–Kier alpha value is -1.23. The van der Waals surface area contributed by atoms with Gasteiger partial charge in [-0.3, -0.25) is 0 Å². The second-order valence-electron chi connectivity index (χ2n) is 16.3. The van der Waals surface area contributed by atoms with E-state index in [1.54, 1.807) is 13.2 Å². The lowest BCUT2D eigenvalue weighted by Crippen LogP contribution is -2.64. The fourth-order valence-corrected chi connectivity index (χ4v) is 11.7. The Labute approximate surface area is 287 Å². The number of hydrogen-bond donors (Lipinski definition) is 6. The number of cyclic esters (lactones) is 1. The third kappa shape index (κ3) is 5.83. The molecule has 3 heterocycles. The largest absolute Gasteiger partial charge is 0.458 e. The highest BCUT2D eigenvalue weighted by atomic mass is 16.7. The monoisotopic (exact) mass is 696 g/mol. The minimum Gasteiger partial charge on any atom is -0.458 e. The SMILES string of the molecule is CO[C@H]1C[C@H](O[C@H]2CC[C@@]3(CO)[C@H](CC[C@@H]4[C@@H]3CC[C@]3(C)[C@@H](C5=CC(=O)OC5)CC[C@]43O)C2)O[C@H](C)[C@H]1O[C@@H]1O[C@H](CO)[C@@H](O)[C@H](O)[C@H]1O. The first-order valence-corrected chi connectivity index (χ1v) is 18.4. The molecule has 17 atom stereocenters. The molecule has 0 aromatic rings. The standard InChI is InChI=1S/C36H56O13/c1-18-32(49-33-31(42)30(41)29(40)26(15-37)48-33)25(44-3)14-28(46-18)47-21-6-10-35(17-38)20(13-21)4-5-24-23(35)7-9-34(2)22(8-11-36(24,34)43)19-12-27(39)45-16-19/h12,18,20-26,28-33,37-38,40-43H,4-11,13-17H2,1-3H3/t18-,20-,21+,22-,23+,24-,25+,26-,28+,29-,30+,31-,32-,33+,34-,35-,36+/m1/s1. The summed E-state index contributed by atoms with van der Waals surface area (Å²) in [5.41, 5.74) is -0.422. The van der Waals surface area contributed by atoms with E-state index in [1.165, 1.54) is 0 Å². The van der Waals surface area contributed by atoms with Crippen molar-refractivity contribution in [3.05, 3.63) is 11.6 Å². The minimum atomic E-state index is -1.55. The summed E-state index contributed by atoms with van der Waals surface area (Å²) in [5, 5.41) is 64.1. The molecule has 0 radical (unpaired) electrons. The fraction of sp³-hybridized carbons (Fsp3) is 0.917. The van der Waals surface area contributed by atoms with Gasteiger partial charge in [0, 0.05) is 31.6 Å². The first kappa shape index (κ1) is 36.1. The molecule has 13 nitrogen and oxygen atoms in total. The third-order valence-electron chi connectivity index (χ3n) is 14.3. The van der Waals surface area contributed by atoms with E-state index in [2.05, 4.69) is 6.92 Å². The Morgan fingerprint density at radius 1 is 0.918 bits per heavy atom. The lowest BCUT2D eigenvalue weighted by molar-refractivity contribution is -0.345. The van der Waals surface area contributed by atoms with Crippen LogP contribution in [0.1, 0.15) is 78.1 Å². The summed E-state index contributed by atoms with van der Waals surface area (Å²) in [6.07, 6.45) is 0.280. The number of carbonyl (C=O) groups is 1. The van der Waals surface area contributed by atoms with Crippen molar-refractivity contribution >= 4 is 5.97 Å². The maximum Gasteiger partial charge on any atom is 0.331 e. The van der Waals surface area contributed by atoms with Gasteiger partial charge in [-0.15, -0.1) is 0 Å². The van der Waals surface area contributed by atoms with Crippen LogP contribution in [-0.2, 0) is 33.2 Å². The molecule has 0 aromatic heterocycles. The number of methoxy groups -OCH3 is 1. The van der Waals surface area contributed by atoms with Crippen LogP contribution < -0.4 is 0 Å². The Balaban J connectivity index is 0.988. The van der Waals surface area contributed by atoms with Crippen molar-refractivity contribution in [3.63, 3.8) is 0 Å². The zero-order valence-corrected chi connectivity index (χ0v) is 28.9. The van der Waals surface area contributed by atoms with E-state index in [9.17, 15) is 35.4 Å². The van der Waals surface area contributed by atoms with Gasteiger partial charge in [0.25, 0.3) is 0 Å². The molecule has 2 saturated heterocycles. The molecule has 0 unspecified atom stereocenters. The molecular formula is C36H56O13. The van der Waals surface area contributed by atoms with Crippen LogP contribution in [-0.4, -0.2) is 131 Å². The summed E-state index contributed by atoms with van der Waals surface area (Å²) in [6, 6.07) is 0. The molecule has 4 saturated carbocycles. The Morgan fingerprint density at radius 2 is 1.71 bits per heavy atom. The number of hydrogen-bond acceptors (Lipinski definition) is 13. The second kappa shape index (κ2) is 13.6. The number of carbonyl (C=O) groups excluding carboxylic acids is 1. The topological polar surface area (TPSA) is 194 Å². The average molecular weight is 697 g/mol. The van der Waals surface area contributed by atoms with E-state index < -0.39 is 67.5 Å². The smallest absolute Gasteiger partial charge is 0.331 e. The van der Waals surface area contributed by atoms with Crippen molar-refractivity contribution in [2.45, 2.75) is 145 Å². The summed E-state index contributed by atoms with van der Waals surface area (Å²) in [4.78, 5) is 11.9. The van der Waals surface area contributed by atoms with E-state index in [-0.39, 0.29) is 53.2 Å². The van der Waals surface area contributed by atoms with Crippen LogP contribution in [0, 0.1) is 34.5 Å². The van der Waals surface area contributed by atoms with Crippen LogP contribution in [0.25, 0.3) is 0 Å². The summed E-state index contributed by atoms with van der Waals surface area (Å²) in [5.74, 6) is 0.420. The maximum absolute atomic E-state index is 12.5. The molecule has 7 aliphatic rings. The summed E-state index contributed by atoms with van der Waals surface area (Å²) < 4.78 is 35.5. The third-order valence-corrected chi connectivity index (χ3v) is 14.3. The van der Waals surface area contributed by atoms with Gasteiger partial charge in [-0.05, 0) is 99.4 Å². The number of aliphatic hydroxyl groups is 6. The van der Waals surface area contributed by atoms with Gasteiger partial charge in [0.15, 0.2) is 12.6 Å². The van der Waals surface area contributed by atoms with Crippen LogP contribution in [0.2, 0.25) is 0 Å². The Morgan fingerprint density at radius 3 is 2.41 bits per heavy atom. The Bertz CT molecular complexity index is 1250. The highest BCUT2D eigenvalue weighted by molar-refractivity contribution is 5.85. The predicted molar refractivity (Wildman–Crippen MR) is 170 cm³/mol. The van der Waals surface area contributed by atoms with Crippen molar-refractivity contribution in [2.24, 2.45) is 34.5 Å². The zero-order valence-electron chi connectivity index (χ0n) is 28.9. The molecule has 0 spiro atoms. The summed E-state index contributed by atoms with van der Waals surface area (Å²) >= 11 is 0. The van der Waals surface area contributed by atoms with Crippen LogP contribution in [0.3, 0.4) is 0 Å². The van der Waals surface area contributed by atoms with Gasteiger partial charge in [-0.2, -0.15) is 0 Å². The highest BCUT2D eigenvalue weighted by Crippen LogP contribution is 2.70. The first-order chi connectivity index (χ1) is 23.4. The number of ether oxygens (including phenoxy) is 6. The molecule has 0 aromatic carbocycles. The molecule has 0 amide bonds. The van der Waals surface area contributed by atoms with Gasteiger partial charge in [-0.1, -0.05) is 6.92 Å². The van der Waals surface area contributed by atoms with Crippen LogP contribution in [0.15, 0.2) is 11.6 Å². The van der Waals surface area contributed by atoms with Gasteiger partial charge < -0.3 is 59.1 Å². The summed E-state index contributed by atoms with van der Waals surface area (Å²) in [6.45, 7) is 3.90. The molecule has 49 heavy (non-hydrogen) atoms. The second-order valence-corrected chi connectivity index (χ2v) is 16.3. The van der Waals surface area contributed by atoms with Crippen LogP contribution in [0.4, 0.5) is 0 Å². The fourth-order valence-electron chi connectivity index (χ4n) is 11.7. The van der Waals surface area contributed by atoms with Gasteiger partial charge >= 0.3 is 5.97 Å². The number of fused-ring (bicyclic) bond motifs is 5. The van der Waals surface area contributed by atoms with E-state index in [1.807, 2.05) is 6.92 Å². The van der Waals surface area contributed by atoms with E-state index in [4.69, 9.17) is 28.4 Å². The molecule has 278 valence electrons. The quantitative estimate of drug-likeness (QED) is 0.155. The lowest BCUT2D eigenvalue weighted by atomic mass is 9.43. The van der Waals surface area contributed by atoms with Crippen molar-refractivity contribution in [3.8, 4) is 0 Å². The molecule has 4 aliphatic carbocycles. The predicted octanol–water partition coefficient (Wildman–Crippen LogP) is 0.936. The van der Waals surface area contributed by atoms with Gasteiger partial charge in [-0.25, -0.2) is 4.79 Å². The van der Waals surface area contributed by atoms with Crippen LogP contribution >= 0.6 is 0 Å².